The van der Waals surface area contributed by atoms with Crippen molar-refractivity contribution < 1.29 is 9.53 Å². The number of allylic oxidation sites excluding steroid dienone is 2. The van der Waals surface area contributed by atoms with Gasteiger partial charge in [-0.2, -0.15) is 14.6 Å². The lowest BCUT2D eigenvalue weighted by atomic mass is 9.70. The second-order valence-electron chi connectivity index (χ2n) is 10.2. The van der Waals surface area contributed by atoms with E-state index in [9.17, 15) is 9.59 Å². The molecule has 4 aromatic rings. The van der Waals surface area contributed by atoms with Crippen LogP contribution in [0, 0.1) is 12.3 Å². The first-order chi connectivity index (χ1) is 16.8. The second kappa shape index (κ2) is 7.99. The number of ketones is 1. The van der Waals surface area contributed by atoms with E-state index >= 15 is 0 Å². The van der Waals surface area contributed by atoms with Crippen LogP contribution >= 0.6 is 11.3 Å². The monoisotopic (exact) mass is 483 g/mol. The SMILES string of the molecule is Cc1ccc(C2C3=C(CC(C)(C)CC3=O)Oc3nc4sc(Cc5ccccc5)nn4c(=O)c32)cc1. The third-order valence-corrected chi connectivity index (χ3v) is 7.65. The Kier molecular flexibility index (Phi) is 5.00. The normalized spacial score (nSPS) is 18.8. The largest absolute Gasteiger partial charge is 0.442 e. The van der Waals surface area contributed by atoms with E-state index in [1.165, 1.54) is 15.9 Å². The summed E-state index contributed by atoms with van der Waals surface area (Å²) >= 11 is 1.39. The van der Waals surface area contributed by atoms with E-state index in [4.69, 9.17) is 9.72 Å². The first-order valence-electron chi connectivity index (χ1n) is 11.8. The van der Waals surface area contributed by atoms with Crippen LogP contribution in [-0.4, -0.2) is 20.4 Å². The van der Waals surface area contributed by atoms with Crippen LogP contribution in [0.1, 0.15) is 59.9 Å². The Balaban J connectivity index is 1.54. The van der Waals surface area contributed by atoms with Crippen molar-refractivity contribution in [2.75, 3.05) is 0 Å². The average Bonchev–Trinajstić information content (AvgIpc) is 3.21. The molecule has 0 amide bonds. The third-order valence-electron chi connectivity index (χ3n) is 6.74. The summed E-state index contributed by atoms with van der Waals surface area (Å²) in [5, 5.41) is 5.40. The highest BCUT2D eigenvalue weighted by atomic mass is 32.1. The molecule has 1 unspecified atom stereocenters. The Morgan fingerprint density at radius 2 is 1.80 bits per heavy atom. The predicted octanol–water partition coefficient (Wildman–Crippen LogP) is 5.22. The number of hydrogen-bond donors (Lipinski definition) is 0. The molecule has 176 valence electrons. The number of ether oxygens (including phenoxy) is 1. The van der Waals surface area contributed by atoms with Crippen LogP contribution in [0.5, 0.6) is 5.88 Å². The summed E-state index contributed by atoms with van der Waals surface area (Å²) in [6.07, 6.45) is 1.66. The van der Waals surface area contributed by atoms with Crippen molar-refractivity contribution in [3.05, 3.63) is 104 Å². The zero-order valence-electron chi connectivity index (χ0n) is 19.9. The molecule has 0 fully saturated rings. The first-order valence-corrected chi connectivity index (χ1v) is 12.6. The molecule has 2 aromatic heterocycles. The van der Waals surface area contributed by atoms with Gasteiger partial charge in [0.1, 0.15) is 10.8 Å². The highest BCUT2D eigenvalue weighted by molar-refractivity contribution is 7.16. The van der Waals surface area contributed by atoms with Crippen molar-refractivity contribution in [3.8, 4) is 5.88 Å². The van der Waals surface area contributed by atoms with Gasteiger partial charge >= 0.3 is 0 Å². The van der Waals surface area contributed by atoms with E-state index in [2.05, 4.69) is 18.9 Å². The summed E-state index contributed by atoms with van der Waals surface area (Å²) in [7, 11) is 0. The number of aryl methyl sites for hydroxylation is 1. The van der Waals surface area contributed by atoms with E-state index in [0.717, 1.165) is 21.7 Å². The third kappa shape index (κ3) is 3.80. The lowest BCUT2D eigenvalue weighted by Crippen LogP contribution is -2.36. The minimum atomic E-state index is -0.519. The summed E-state index contributed by atoms with van der Waals surface area (Å²) in [6.45, 7) is 6.15. The van der Waals surface area contributed by atoms with E-state index in [-0.39, 0.29) is 16.8 Å². The van der Waals surface area contributed by atoms with Gasteiger partial charge in [-0.1, -0.05) is 85.3 Å². The van der Waals surface area contributed by atoms with Crippen LogP contribution in [0.2, 0.25) is 0 Å². The van der Waals surface area contributed by atoms with Gasteiger partial charge < -0.3 is 4.74 Å². The zero-order chi connectivity index (χ0) is 24.3. The zero-order valence-corrected chi connectivity index (χ0v) is 20.7. The van der Waals surface area contributed by atoms with Gasteiger partial charge in [0.2, 0.25) is 10.8 Å². The maximum absolute atomic E-state index is 13.9. The minimum absolute atomic E-state index is 0.0278. The van der Waals surface area contributed by atoms with Crippen molar-refractivity contribution >= 4 is 22.1 Å². The maximum atomic E-state index is 13.9. The molecule has 0 N–H and O–H groups in total. The van der Waals surface area contributed by atoms with Gasteiger partial charge in [0, 0.05) is 24.8 Å². The minimum Gasteiger partial charge on any atom is -0.442 e. The average molecular weight is 484 g/mol. The van der Waals surface area contributed by atoms with Gasteiger partial charge in [-0.25, -0.2) is 0 Å². The van der Waals surface area contributed by atoms with Crippen molar-refractivity contribution in [1.82, 2.24) is 14.6 Å². The summed E-state index contributed by atoms with van der Waals surface area (Å²) in [6, 6.07) is 18.0. The molecule has 3 heterocycles. The molecule has 2 aromatic carbocycles. The van der Waals surface area contributed by atoms with Gasteiger partial charge in [0.05, 0.1) is 11.5 Å². The summed E-state index contributed by atoms with van der Waals surface area (Å²) in [5.41, 5.74) is 3.59. The smallest absolute Gasteiger partial charge is 0.283 e. The molecule has 6 rings (SSSR count). The molecular formula is C28H25N3O3S. The Bertz CT molecular complexity index is 1560. The van der Waals surface area contributed by atoms with Crippen LogP contribution in [0.15, 0.2) is 70.7 Å². The quantitative estimate of drug-likeness (QED) is 0.400. The molecule has 0 spiro atoms. The number of hydrogen-bond acceptors (Lipinski definition) is 6. The van der Waals surface area contributed by atoms with E-state index in [0.29, 0.717) is 47.0 Å². The van der Waals surface area contributed by atoms with E-state index < -0.39 is 5.92 Å². The molecule has 1 atom stereocenters. The summed E-state index contributed by atoms with van der Waals surface area (Å²) in [5.74, 6) is 0.434. The molecule has 1 aliphatic heterocycles. The Hall–Kier alpha value is -3.58. The van der Waals surface area contributed by atoms with E-state index in [1.54, 1.807) is 0 Å². The number of aromatic nitrogens is 3. The van der Waals surface area contributed by atoms with Crippen molar-refractivity contribution in [2.45, 2.75) is 46.0 Å². The molecule has 0 saturated carbocycles. The fourth-order valence-corrected chi connectivity index (χ4v) is 6.00. The lowest BCUT2D eigenvalue weighted by Gasteiger charge is -2.37. The maximum Gasteiger partial charge on any atom is 0.283 e. The number of nitrogens with zero attached hydrogens (tertiary/aromatic N) is 3. The number of benzene rings is 2. The molecule has 35 heavy (non-hydrogen) atoms. The van der Waals surface area contributed by atoms with Crippen LogP contribution in [-0.2, 0) is 11.2 Å². The van der Waals surface area contributed by atoms with Crippen molar-refractivity contribution in [3.63, 3.8) is 0 Å². The molecular weight excluding hydrogens is 458 g/mol. The van der Waals surface area contributed by atoms with Gasteiger partial charge in [0.25, 0.3) is 5.56 Å². The van der Waals surface area contributed by atoms with E-state index in [1.807, 2.05) is 61.5 Å². The number of fused-ring (bicyclic) bond motifs is 2. The molecule has 7 heteroatoms. The molecule has 0 radical (unpaired) electrons. The van der Waals surface area contributed by atoms with Crippen LogP contribution in [0.25, 0.3) is 4.96 Å². The van der Waals surface area contributed by atoms with Crippen LogP contribution in [0.3, 0.4) is 0 Å². The first kappa shape index (κ1) is 21.9. The highest BCUT2D eigenvalue weighted by Crippen LogP contribution is 2.48. The Morgan fingerprint density at radius 1 is 1.06 bits per heavy atom. The topological polar surface area (TPSA) is 73.6 Å². The molecule has 2 aliphatic rings. The fourth-order valence-electron chi connectivity index (χ4n) is 5.09. The standard InChI is InChI=1S/C28H25N3O3S/c1-16-9-11-18(12-10-16)22-23-19(32)14-28(2,3)15-20(23)34-25-24(22)26(33)31-27(29-25)35-21(30-31)13-17-7-5-4-6-8-17/h4-12,22H,13-15H2,1-3H3. The number of carbonyl (C=O) groups excluding carboxylic acids is 1. The Labute approximate surface area is 206 Å². The van der Waals surface area contributed by atoms with Gasteiger partial charge in [-0.05, 0) is 23.5 Å². The highest BCUT2D eigenvalue weighted by Gasteiger charge is 2.44. The van der Waals surface area contributed by atoms with Gasteiger partial charge in [-0.3, -0.25) is 9.59 Å². The van der Waals surface area contributed by atoms with Crippen molar-refractivity contribution in [2.24, 2.45) is 5.41 Å². The molecule has 1 aliphatic carbocycles. The lowest BCUT2D eigenvalue weighted by molar-refractivity contribution is -0.118. The fraction of sp³-hybridized carbons (Fsp3) is 0.286. The second-order valence-corrected chi connectivity index (χ2v) is 11.3. The molecule has 6 nitrogen and oxygen atoms in total. The van der Waals surface area contributed by atoms with Crippen LogP contribution < -0.4 is 10.3 Å². The Morgan fingerprint density at radius 3 is 2.54 bits per heavy atom. The summed E-state index contributed by atoms with van der Waals surface area (Å²) in [4.78, 5) is 32.5. The van der Waals surface area contributed by atoms with Crippen LogP contribution in [0.4, 0.5) is 0 Å². The predicted molar refractivity (Wildman–Crippen MR) is 135 cm³/mol. The molecule has 0 saturated heterocycles. The number of rotatable bonds is 3. The van der Waals surface area contributed by atoms with Crippen molar-refractivity contribution in [1.29, 1.82) is 0 Å². The molecule has 0 bridgehead atoms. The van der Waals surface area contributed by atoms with Gasteiger partial charge in [-0.15, -0.1) is 0 Å². The summed E-state index contributed by atoms with van der Waals surface area (Å²) < 4.78 is 7.62. The number of Topliss-reactive ketones (excluding diaryl/α,β-unsaturated/α-hetero) is 1. The number of carbonyl (C=O) groups is 1. The van der Waals surface area contributed by atoms with Gasteiger partial charge in [0.15, 0.2) is 5.78 Å².